The van der Waals surface area contributed by atoms with Gasteiger partial charge in [0.15, 0.2) is 10.8 Å². The number of thiazole rings is 1. The number of anilines is 1. The van der Waals surface area contributed by atoms with Gasteiger partial charge in [-0.05, 0) is 48.6 Å². The fourth-order valence-electron chi connectivity index (χ4n) is 4.70. The molecular formula is C28H25F6N6O5S2-. The summed E-state index contributed by atoms with van der Waals surface area (Å²) in [6, 6.07) is 10.3. The number of nitrogens with zero attached hydrogens (tertiary/aromatic N) is 5. The number of aliphatic carboxylic acids is 1. The van der Waals surface area contributed by atoms with Gasteiger partial charge >= 0.3 is 18.5 Å². The molecule has 3 heterocycles. The molecule has 1 saturated carbocycles. The molecule has 0 radical (unpaired) electrons. The maximum Gasteiger partial charge on any atom is 0.573 e. The fourth-order valence-corrected chi connectivity index (χ4v) is 7.18. The van der Waals surface area contributed by atoms with Crippen molar-refractivity contribution >= 4 is 42.8 Å². The average Bonchev–Trinajstić information content (AvgIpc) is 3.78. The van der Waals surface area contributed by atoms with E-state index in [2.05, 4.69) is 19.7 Å². The molecule has 2 aliphatic rings. The van der Waals surface area contributed by atoms with Gasteiger partial charge in [0.05, 0.1) is 15.8 Å². The van der Waals surface area contributed by atoms with Gasteiger partial charge in [-0.3, -0.25) is 4.79 Å². The molecule has 1 atom stereocenters. The second kappa shape index (κ2) is 13.2. The van der Waals surface area contributed by atoms with E-state index in [4.69, 9.17) is 5.73 Å². The molecule has 2 aromatic carbocycles. The second-order valence-electron chi connectivity index (χ2n) is 10.5. The van der Waals surface area contributed by atoms with Gasteiger partial charge < -0.3 is 20.5 Å². The number of alkyl halides is 6. The molecule has 1 aliphatic heterocycles. The Hall–Kier alpha value is -4.07. The highest BCUT2D eigenvalue weighted by Gasteiger charge is 2.41. The summed E-state index contributed by atoms with van der Waals surface area (Å²) >= 11 is 1.01. The highest BCUT2D eigenvalue weighted by Crippen LogP contribution is 2.40. The number of nitrogens with one attached hydrogen (secondary N) is 1. The molecule has 252 valence electrons. The summed E-state index contributed by atoms with van der Waals surface area (Å²) in [4.78, 5) is 24.4. The number of rotatable bonds is 7. The summed E-state index contributed by atoms with van der Waals surface area (Å²) in [7, 11) is -4.07. The highest BCUT2D eigenvalue weighted by atomic mass is 32.2. The number of hydrogen-bond acceptors (Lipinski definition) is 9. The number of fused-ring (bicyclic) bond motifs is 1. The molecule has 19 heteroatoms. The molecule has 0 bridgehead atoms. The molecule has 4 aromatic rings. The number of carbonyl (C=O) groups is 1. The van der Waals surface area contributed by atoms with Gasteiger partial charge in [0.2, 0.25) is 15.8 Å². The van der Waals surface area contributed by atoms with Crippen molar-refractivity contribution in [3.63, 3.8) is 0 Å². The number of benzene rings is 2. The quantitative estimate of drug-likeness (QED) is 0.226. The summed E-state index contributed by atoms with van der Waals surface area (Å²) in [5, 5.41) is 10.0. The zero-order valence-corrected chi connectivity index (χ0v) is 25.6. The van der Waals surface area contributed by atoms with Gasteiger partial charge in [-0.2, -0.15) is 22.5 Å². The van der Waals surface area contributed by atoms with Gasteiger partial charge in [-0.1, -0.05) is 41.2 Å². The normalized spacial score (nSPS) is 17.7. The summed E-state index contributed by atoms with van der Waals surface area (Å²) in [6.45, 7) is -0.179. The van der Waals surface area contributed by atoms with Crippen LogP contribution in [-0.4, -0.2) is 70.8 Å². The third kappa shape index (κ3) is 8.27. The van der Waals surface area contributed by atoms with Crippen molar-refractivity contribution in [2.24, 2.45) is 0 Å². The van der Waals surface area contributed by atoms with Gasteiger partial charge in [-0.15, -0.1) is 19.7 Å². The van der Waals surface area contributed by atoms with Crippen molar-refractivity contribution in [2.45, 2.75) is 48.8 Å². The smallest absolute Gasteiger partial charge is 0.573 e. The molecule has 47 heavy (non-hydrogen) atoms. The lowest BCUT2D eigenvalue weighted by molar-refractivity contribution is -0.274. The van der Waals surface area contributed by atoms with Gasteiger partial charge in [0.25, 0.3) is 0 Å². The monoisotopic (exact) mass is 703 g/mol. The Morgan fingerprint density at radius 1 is 1.00 bits per heavy atom. The third-order valence-corrected chi connectivity index (χ3v) is 10.1. The van der Waals surface area contributed by atoms with Crippen molar-refractivity contribution in [2.75, 3.05) is 24.5 Å². The summed E-state index contributed by atoms with van der Waals surface area (Å²) < 4.78 is 105. The Morgan fingerprint density at radius 2 is 1.66 bits per heavy atom. The van der Waals surface area contributed by atoms with Crippen LogP contribution in [0.1, 0.15) is 35.7 Å². The SMILES string of the molecule is O=C(O)[C@H]1CN(c2nc3nc(C(F)(F)F)ncc3s2)CCN1S(=O)(=O)c1ccc(C2CC2)cc1.[NH-]Cc1ccc(OC(F)(F)F)cc1. The van der Waals surface area contributed by atoms with Crippen molar-refractivity contribution < 1.29 is 49.4 Å². The Bertz CT molecular complexity index is 1830. The average molecular weight is 704 g/mol. The van der Waals surface area contributed by atoms with E-state index in [0.29, 0.717) is 16.2 Å². The lowest BCUT2D eigenvalue weighted by atomic mass is 10.1. The predicted octanol–water partition coefficient (Wildman–Crippen LogP) is 6.08. The first kappa shape index (κ1) is 34.3. The van der Waals surface area contributed by atoms with Gasteiger partial charge in [0, 0.05) is 19.6 Å². The number of carboxylic acids is 1. The van der Waals surface area contributed by atoms with Crippen molar-refractivity contribution in [1.29, 1.82) is 0 Å². The van der Waals surface area contributed by atoms with E-state index in [1.165, 1.54) is 36.4 Å². The maximum absolute atomic E-state index is 13.2. The van der Waals surface area contributed by atoms with Crippen LogP contribution in [0.2, 0.25) is 0 Å². The number of ether oxygens (including phenoxy) is 1. The van der Waals surface area contributed by atoms with Crippen LogP contribution in [0.5, 0.6) is 5.75 Å². The first-order valence-corrected chi connectivity index (χ1v) is 16.1. The van der Waals surface area contributed by atoms with Crippen LogP contribution in [0.15, 0.2) is 59.6 Å². The van der Waals surface area contributed by atoms with Crippen molar-refractivity contribution in [3.05, 3.63) is 77.4 Å². The van der Waals surface area contributed by atoms with E-state index in [9.17, 15) is 44.7 Å². The van der Waals surface area contributed by atoms with E-state index in [1.807, 2.05) is 0 Å². The first-order chi connectivity index (χ1) is 22.0. The largest absolute Gasteiger partial charge is 0.674 e. The van der Waals surface area contributed by atoms with Gasteiger partial charge in [-0.25, -0.2) is 18.4 Å². The Kier molecular flexibility index (Phi) is 9.63. The zero-order valence-electron chi connectivity index (χ0n) is 24.0. The number of halogens is 6. The van der Waals surface area contributed by atoms with Crippen LogP contribution in [-0.2, 0) is 27.5 Å². The van der Waals surface area contributed by atoms with Gasteiger partial charge in [0.1, 0.15) is 11.8 Å². The molecule has 0 unspecified atom stereocenters. The minimum Gasteiger partial charge on any atom is -0.674 e. The number of hydrogen-bond donors (Lipinski definition) is 1. The van der Waals surface area contributed by atoms with Crippen LogP contribution in [0.25, 0.3) is 16.1 Å². The molecule has 2 fully saturated rings. The molecule has 2 aromatic heterocycles. The highest BCUT2D eigenvalue weighted by molar-refractivity contribution is 7.89. The number of sulfonamides is 1. The third-order valence-electron chi connectivity index (χ3n) is 7.18. The van der Waals surface area contributed by atoms with E-state index in [1.54, 1.807) is 17.0 Å². The number of carboxylic acid groups (broad SMARTS) is 1. The van der Waals surface area contributed by atoms with Crippen LogP contribution in [0.3, 0.4) is 0 Å². The summed E-state index contributed by atoms with van der Waals surface area (Å²) in [5.74, 6) is -2.45. The van der Waals surface area contributed by atoms with Crippen molar-refractivity contribution in [1.82, 2.24) is 19.3 Å². The van der Waals surface area contributed by atoms with Crippen LogP contribution in [0, 0.1) is 0 Å². The minimum atomic E-state index is -4.72. The molecule has 1 aliphatic carbocycles. The second-order valence-corrected chi connectivity index (χ2v) is 13.4. The topological polar surface area (TPSA) is 150 Å². The molecule has 0 amide bonds. The molecule has 0 spiro atoms. The Morgan fingerprint density at radius 3 is 2.21 bits per heavy atom. The fraction of sp³-hybridized carbons (Fsp3) is 0.357. The van der Waals surface area contributed by atoms with Crippen LogP contribution < -0.4 is 9.64 Å². The van der Waals surface area contributed by atoms with E-state index in [-0.39, 0.29) is 47.6 Å². The first-order valence-electron chi connectivity index (χ1n) is 13.8. The standard InChI is InChI=1S/C20H18F3N5O4S2.C8H7F3NO/c21-20(22,23)18-24-9-15-16(25-18)26-19(33-15)27-7-8-28(14(10-27)17(29)30)34(31,32)13-5-3-12(4-6-13)11-1-2-11;9-8(10,11)13-7-3-1-6(5-12)2-4-7/h3-6,9,11,14H,1-2,7-8,10H2,(H,29,30);1-4,12H,5H2/q;-1/t14-;/m1./s1. The molecular weight excluding hydrogens is 678 g/mol. The van der Waals surface area contributed by atoms with E-state index >= 15 is 0 Å². The molecule has 6 rings (SSSR count). The summed E-state index contributed by atoms with van der Waals surface area (Å²) in [5.41, 5.74) is 8.49. The zero-order chi connectivity index (χ0) is 34.1. The van der Waals surface area contributed by atoms with E-state index < -0.39 is 40.4 Å². The molecule has 11 nitrogen and oxygen atoms in total. The minimum absolute atomic E-state index is 0.0199. The predicted molar refractivity (Wildman–Crippen MR) is 157 cm³/mol. The number of aromatic nitrogens is 3. The Labute approximate surface area is 267 Å². The lowest BCUT2D eigenvalue weighted by Gasteiger charge is -2.38. The van der Waals surface area contributed by atoms with Crippen LogP contribution >= 0.6 is 11.3 Å². The van der Waals surface area contributed by atoms with Crippen LogP contribution in [0.4, 0.5) is 31.5 Å². The molecule has 2 N–H and O–H groups in total. The lowest BCUT2D eigenvalue weighted by Crippen LogP contribution is -2.58. The Balaban J connectivity index is 0.000000281. The van der Waals surface area contributed by atoms with E-state index in [0.717, 1.165) is 40.2 Å². The van der Waals surface area contributed by atoms with Crippen molar-refractivity contribution in [3.8, 4) is 5.75 Å². The number of piperazine rings is 1. The molecule has 1 saturated heterocycles. The maximum atomic E-state index is 13.2. The summed E-state index contributed by atoms with van der Waals surface area (Å²) in [6.07, 6.45) is -6.20.